The van der Waals surface area contributed by atoms with Gasteiger partial charge in [-0.05, 0) is 19.1 Å². The fourth-order valence-corrected chi connectivity index (χ4v) is 3.25. The number of nitrogens with zero attached hydrogens (tertiary/aromatic N) is 4. The maximum Gasteiger partial charge on any atom is 0.257 e. The summed E-state index contributed by atoms with van der Waals surface area (Å²) in [6.45, 7) is 4.42. The molecule has 2 N–H and O–H groups in total. The van der Waals surface area contributed by atoms with Crippen LogP contribution in [0.3, 0.4) is 0 Å². The average molecular weight is 371 g/mol. The molecule has 2 aliphatic rings. The van der Waals surface area contributed by atoms with E-state index in [2.05, 4.69) is 15.2 Å². The molecular weight excluding hydrogens is 350 g/mol. The van der Waals surface area contributed by atoms with Gasteiger partial charge in [0.05, 0.1) is 20.3 Å². The summed E-state index contributed by atoms with van der Waals surface area (Å²) >= 11 is 0. The van der Waals surface area contributed by atoms with Crippen molar-refractivity contribution in [3.8, 4) is 11.5 Å². The van der Waals surface area contributed by atoms with Gasteiger partial charge in [0.2, 0.25) is 11.9 Å². The number of aliphatic imine (C=N–C) groups is 1. The number of fused-ring (bicyclic) bond motifs is 1. The zero-order valence-corrected chi connectivity index (χ0v) is 15.2. The number of phenolic OH excluding ortho intramolecular Hbond substituents is 1. The minimum Gasteiger partial charge on any atom is -0.504 e. The lowest BCUT2D eigenvalue weighted by molar-refractivity contribution is 0.0675. The van der Waals surface area contributed by atoms with Gasteiger partial charge in [0.1, 0.15) is 0 Å². The van der Waals surface area contributed by atoms with Crippen LogP contribution in [0.15, 0.2) is 34.1 Å². The van der Waals surface area contributed by atoms with Crippen LogP contribution in [0.5, 0.6) is 11.5 Å². The third-order valence-corrected chi connectivity index (χ3v) is 4.61. The summed E-state index contributed by atoms with van der Waals surface area (Å²) in [6.07, 6.45) is -0.616. The van der Waals surface area contributed by atoms with Crippen molar-refractivity contribution >= 4 is 11.9 Å². The van der Waals surface area contributed by atoms with Gasteiger partial charge in [-0.15, -0.1) is 0 Å². The standard InChI is InChI=1S/C18H21N5O4/c1-11-9-15(25)23-16(12-3-4-13(24)14(10-12)26-2)20-17(21-18(23)19-11)22-5-7-27-8-6-22/h3-4,9-10,16,24H,5-8H2,1-2H3,(H,19,20,21). The number of hydrogen-bond donors (Lipinski definition) is 2. The SMILES string of the molecule is COc1cc(C2N=C(N3CCOCC3)Nc3nc(C)cc(=O)n32)ccc1O. The van der Waals surface area contributed by atoms with Crippen molar-refractivity contribution in [2.45, 2.75) is 13.1 Å². The summed E-state index contributed by atoms with van der Waals surface area (Å²) in [5.74, 6) is 1.44. The Morgan fingerprint density at radius 2 is 2.07 bits per heavy atom. The summed E-state index contributed by atoms with van der Waals surface area (Å²) in [7, 11) is 1.48. The van der Waals surface area contributed by atoms with Crippen molar-refractivity contribution in [3.63, 3.8) is 0 Å². The highest BCUT2D eigenvalue weighted by atomic mass is 16.5. The van der Waals surface area contributed by atoms with Gasteiger partial charge in [0, 0.05) is 30.4 Å². The minimum atomic E-state index is -0.616. The molecule has 1 aromatic heterocycles. The van der Waals surface area contributed by atoms with Gasteiger partial charge in [-0.2, -0.15) is 0 Å². The van der Waals surface area contributed by atoms with Crippen LogP contribution in [0, 0.1) is 6.92 Å². The molecule has 4 rings (SSSR count). The predicted octanol–water partition coefficient (Wildman–Crippen LogP) is 0.927. The Morgan fingerprint density at radius 3 is 2.81 bits per heavy atom. The largest absolute Gasteiger partial charge is 0.504 e. The van der Waals surface area contributed by atoms with E-state index in [1.807, 2.05) is 0 Å². The average Bonchev–Trinajstić information content (AvgIpc) is 2.68. The number of phenols is 1. The van der Waals surface area contributed by atoms with Crippen molar-refractivity contribution in [2.24, 2.45) is 4.99 Å². The highest BCUT2D eigenvalue weighted by Crippen LogP contribution is 2.33. The third kappa shape index (κ3) is 3.21. The lowest BCUT2D eigenvalue weighted by Crippen LogP contribution is -2.47. The number of aromatic nitrogens is 2. The Morgan fingerprint density at radius 1 is 1.30 bits per heavy atom. The maximum absolute atomic E-state index is 12.7. The third-order valence-electron chi connectivity index (χ3n) is 4.61. The van der Waals surface area contributed by atoms with E-state index in [1.165, 1.54) is 23.8 Å². The Kier molecular flexibility index (Phi) is 4.44. The normalized spacial score (nSPS) is 19.1. The summed E-state index contributed by atoms with van der Waals surface area (Å²) in [5.41, 5.74) is 1.14. The number of nitrogens with one attached hydrogen (secondary N) is 1. The second-order valence-electron chi connectivity index (χ2n) is 6.41. The maximum atomic E-state index is 12.7. The Labute approximate surface area is 155 Å². The number of aromatic hydroxyl groups is 1. The van der Waals surface area contributed by atoms with Crippen molar-refractivity contribution in [1.29, 1.82) is 0 Å². The van der Waals surface area contributed by atoms with Gasteiger partial charge in [0.25, 0.3) is 5.56 Å². The van der Waals surface area contributed by atoms with Crippen LogP contribution in [-0.4, -0.2) is 58.9 Å². The van der Waals surface area contributed by atoms with E-state index in [-0.39, 0.29) is 11.3 Å². The van der Waals surface area contributed by atoms with E-state index in [4.69, 9.17) is 14.5 Å². The Hall–Kier alpha value is -3.07. The molecule has 0 spiro atoms. The van der Waals surface area contributed by atoms with Crippen LogP contribution in [0.1, 0.15) is 17.4 Å². The van der Waals surface area contributed by atoms with E-state index >= 15 is 0 Å². The molecule has 142 valence electrons. The first-order valence-electron chi connectivity index (χ1n) is 8.71. The first kappa shape index (κ1) is 17.3. The van der Waals surface area contributed by atoms with Crippen LogP contribution in [0.4, 0.5) is 5.95 Å². The molecule has 1 unspecified atom stereocenters. The van der Waals surface area contributed by atoms with E-state index in [0.717, 1.165) is 0 Å². The van der Waals surface area contributed by atoms with Crippen molar-refractivity contribution < 1.29 is 14.6 Å². The molecule has 9 heteroatoms. The van der Waals surface area contributed by atoms with Gasteiger partial charge in [-0.1, -0.05) is 6.07 Å². The molecule has 9 nitrogen and oxygen atoms in total. The second kappa shape index (κ2) is 6.92. The molecule has 1 saturated heterocycles. The molecule has 1 aromatic carbocycles. The molecular formula is C18H21N5O4. The van der Waals surface area contributed by atoms with Gasteiger partial charge in [-0.25, -0.2) is 9.98 Å². The molecule has 0 bridgehead atoms. The van der Waals surface area contributed by atoms with Crippen molar-refractivity contribution in [3.05, 3.63) is 45.9 Å². The number of hydrogen-bond acceptors (Lipinski definition) is 8. The van der Waals surface area contributed by atoms with Crippen LogP contribution in [0.2, 0.25) is 0 Å². The zero-order chi connectivity index (χ0) is 19.0. The van der Waals surface area contributed by atoms with Crippen LogP contribution in [0.25, 0.3) is 0 Å². The number of rotatable bonds is 2. The fraction of sp³-hybridized carbons (Fsp3) is 0.389. The number of anilines is 1. The minimum absolute atomic E-state index is 0.0298. The monoisotopic (exact) mass is 371 g/mol. The summed E-state index contributed by atoms with van der Waals surface area (Å²) in [6, 6.07) is 6.42. The van der Waals surface area contributed by atoms with Crippen LogP contribution in [-0.2, 0) is 4.74 Å². The highest BCUT2D eigenvalue weighted by molar-refractivity contribution is 5.93. The Balaban J connectivity index is 1.84. The van der Waals surface area contributed by atoms with Crippen molar-refractivity contribution in [2.75, 3.05) is 38.7 Å². The number of guanidine groups is 1. The molecule has 0 radical (unpaired) electrons. The summed E-state index contributed by atoms with van der Waals surface area (Å²) in [4.78, 5) is 24.0. The molecule has 1 fully saturated rings. The lowest BCUT2D eigenvalue weighted by Gasteiger charge is -2.34. The number of ether oxygens (including phenoxy) is 2. The predicted molar refractivity (Wildman–Crippen MR) is 99.5 cm³/mol. The van der Waals surface area contributed by atoms with Gasteiger partial charge < -0.3 is 19.5 Å². The van der Waals surface area contributed by atoms with Gasteiger partial charge >= 0.3 is 0 Å². The quantitative estimate of drug-likeness (QED) is 0.810. The summed E-state index contributed by atoms with van der Waals surface area (Å²) in [5, 5.41) is 13.1. The molecule has 27 heavy (non-hydrogen) atoms. The number of morpholine rings is 1. The molecule has 2 aromatic rings. The Bertz CT molecular complexity index is 949. The highest BCUT2D eigenvalue weighted by Gasteiger charge is 2.28. The molecule has 0 saturated carbocycles. The van der Waals surface area contributed by atoms with E-state index < -0.39 is 6.17 Å². The lowest BCUT2D eigenvalue weighted by atomic mass is 10.1. The molecule has 0 aliphatic carbocycles. The molecule has 0 amide bonds. The number of methoxy groups -OCH3 is 1. The van der Waals surface area contributed by atoms with Crippen molar-refractivity contribution in [1.82, 2.24) is 14.5 Å². The first-order chi connectivity index (χ1) is 13.1. The van der Waals surface area contributed by atoms with Crippen LogP contribution >= 0.6 is 0 Å². The van der Waals surface area contributed by atoms with E-state index in [1.54, 1.807) is 19.1 Å². The molecule has 3 heterocycles. The topological polar surface area (TPSA) is 101 Å². The van der Waals surface area contributed by atoms with E-state index in [0.29, 0.717) is 55.2 Å². The number of benzene rings is 1. The fourth-order valence-electron chi connectivity index (χ4n) is 3.25. The summed E-state index contributed by atoms with van der Waals surface area (Å²) < 4.78 is 12.1. The number of aryl methyl sites for hydroxylation is 1. The second-order valence-corrected chi connectivity index (χ2v) is 6.41. The smallest absolute Gasteiger partial charge is 0.257 e. The zero-order valence-electron chi connectivity index (χ0n) is 15.2. The van der Waals surface area contributed by atoms with Crippen LogP contribution < -0.4 is 15.6 Å². The first-order valence-corrected chi connectivity index (χ1v) is 8.71. The molecule has 2 aliphatic heterocycles. The van der Waals surface area contributed by atoms with E-state index in [9.17, 15) is 9.90 Å². The molecule has 1 atom stereocenters. The van der Waals surface area contributed by atoms with Gasteiger partial charge in [-0.3, -0.25) is 14.7 Å². The van der Waals surface area contributed by atoms with Gasteiger partial charge in [0.15, 0.2) is 17.7 Å².